The molecule has 0 saturated carbocycles. The first-order valence-corrected chi connectivity index (χ1v) is 12.3. The molecule has 0 aliphatic heterocycles. The van der Waals surface area contributed by atoms with E-state index in [-0.39, 0.29) is 16.9 Å². The maximum Gasteiger partial charge on any atom is 0.324 e. The number of hydrogen-bond donors (Lipinski definition) is 2. The topological polar surface area (TPSA) is 99.5 Å². The summed E-state index contributed by atoms with van der Waals surface area (Å²) in [5, 5.41) is 10.5. The van der Waals surface area contributed by atoms with Crippen LogP contribution in [-0.2, 0) is 19.9 Å². The van der Waals surface area contributed by atoms with Crippen LogP contribution in [0.2, 0.25) is 0 Å². The van der Waals surface area contributed by atoms with E-state index in [1.165, 1.54) is 12.1 Å². The number of rotatable bonds is 6. The van der Waals surface area contributed by atoms with Crippen LogP contribution in [0.1, 0.15) is 31.5 Å². The minimum atomic E-state index is -0.639. The number of aromatic nitrogens is 3. The molecule has 1 aliphatic rings. The van der Waals surface area contributed by atoms with E-state index in [0.717, 1.165) is 30.5 Å². The summed E-state index contributed by atoms with van der Waals surface area (Å²) in [5.41, 5.74) is 2.93. The average molecular weight is 520 g/mol. The van der Waals surface area contributed by atoms with E-state index in [9.17, 15) is 9.18 Å². The minimum Gasteiger partial charge on any atom is -0.493 e. The summed E-state index contributed by atoms with van der Waals surface area (Å²) in [4.78, 5) is 17.1. The molecule has 38 heavy (non-hydrogen) atoms. The molecule has 2 amide bonds. The number of hydrogen-bond acceptors (Lipinski definition) is 6. The lowest BCUT2D eigenvalue weighted by Gasteiger charge is -2.29. The Balaban J connectivity index is 1.32. The molecule has 10 heteroatoms. The van der Waals surface area contributed by atoms with Gasteiger partial charge in [0.1, 0.15) is 17.3 Å². The van der Waals surface area contributed by atoms with Crippen molar-refractivity contribution in [2.45, 2.75) is 33.1 Å². The van der Waals surface area contributed by atoms with Crippen molar-refractivity contribution in [2.24, 2.45) is 12.5 Å². The molecule has 9 nitrogen and oxygen atoms in total. The van der Waals surface area contributed by atoms with Crippen LogP contribution in [0, 0.1) is 11.2 Å². The Hall–Kier alpha value is -4.34. The van der Waals surface area contributed by atoms with Gasteiger partial charge in [-0.3, -0.25) is 15.0 Å². The van der Waals surface area contributed by atoms with Crippen molar-refractivity contribution in [1.29, 1.82) is 0 Å². The molecule has 0 saturated heterocycles. The molecule has 4 aromatic rings. The molecule has 2 aromatic carbocycles. The number of pyridine rings is 1. The van der Waals surface area contributed by atoms with E-state index in [0.29, 0.717) is 34.0 Å². The summed E-state index contributed by atoms with van der Waals surface area (Å²) in [6, 6.07) is 8.86. The largest absolute Gasteiger partial charge is 0.493 e. The van der Waals surface area contributed by atoms with Gasteiger partial charge in [-0.15, -0.1) is 0 Å². The number of benzene rings is 2. The second kappa shape index (κ2) is 9.85. The number of urea groups is 1. The van der Waals surface area contributed by atoms with Gasteiger partial charge < -0.3 is 19.5 Å². The molecule has 198 valence electrons. The lowest BCUT2D eigenvalue weighted by atomic mass is 9.76. The van der Waals surface area contributed by atoms with E-state index >= 15 is 0 Å². The van der Waals surface area contributed by atoms with Gasteiger partial charge in [-0.05, 0) is 48.9 Å². The number of carbonyl (C=O) groups is 1. The van der Waals surface area contributed by atoms with Crippen molar-refractivity contribution in [3.63, 3.8) is 0 Å². The molecule has 0 spiro atoms. The van der Waals surface area contributed by atoms with Crippen LogP contribution in [0.3, 0.4) is 0 Å². The van der Waals surface area contributed by atoms with Crippen molar-refractivity contribution in [3.8, 4) is 23.0 Å². The number of methoxy groups -OCH3 is 2. The third-order valence-electron chi connectivity index (χ3n) is 6.82. The zero-order valence-corrected chi connectivity index (χ0v) is 22.0. The van der Waals surface area contributed by atoms with Gasteiger partial charge >= 0.3 is 6.03 Å². The first-order valence-electron chi connectivity index (χ1n) is 12.3. The summed E-state index contributed by atoms with van der Waals surface area (Å²) < 4.78 is 33.5. The zero-order chi connectivity index (χ0) is 27.0. The van der Waals surface area contributed by atoms with Gasteiger partial charge in [0.2, 0.25) is 0 Å². The molecule has 0 atom stereocenters. The highest BCUT2D eigenvalue weighted by Crippen LogP contribution is 2.39. The number of amides is 2. The molecule has 0 radical (unpaired) electrons. The normalized spacial score (nSPS) is 14.1. The van der Waals surface area contributed by atoms with Crippen molar-refractivity contribution in [3.05, 3.63) is 59.7 Å². The number of nitrogens with one attached hydrogen (secondary N) is 2. The van der Waals surface area contributed by atoms with Crippen LogP contribution in [0.4, 0.5) is 20.7 Å². The first-order chi connectivity index (χ1) is 18.2. The molecule has 0 unspecified atom stereocenters. The Morgan fingerprint density at radius 2 is 1.82 bits per heavy atom. The molecule has 2 heterocycles. The van der Waals surface area contributed by atoms with E-state index in [1.54, 1.807) is 49.4 Å². The fraction of sp³-hybridized carbons (Fsp3) is 0.321. The summed E-state index contributed by atoms with van der Waals surface area (Å²) in [6.45, 7) is 4.40. The Morgan fingerprint density at radius 1 is 1.05 bits per heavy atom. The van der Waals surface area contributed by atoms with Gasteiger partial charge in [0.15, 0.2) is 17.3 Å². The van der Waals surface area contributed by atoms with Gasteiger partial charge in [0.05, 0.1) is 25.4 Å². The van der Waals surface area contributed by atoms with Gasteiger partial charge in [-0.1, -0.05) is 13.8 Å². The Kier molecular flexibility index (Phi) is 6.56. The predicted octanol–water partition coefficient (Wildman–Crippen LogP) is 6.08. The summed E-state index contributed by atoms with van der Waals surface area (Å²) >= 11 is 0. The highest BCUT2D eigenvalue weighted by atomic mass is 19.1. The van der Waals surface area contributed by atoms with Crippen LogP contribution >= 0.6 is 0 Å². The van der Waals surface area contributed by atoms with Crippen LogP contribution in [-0.4, -0.2) is 35.0 Å². The number of ether oxygens (including phenoxy) is 3. The number of fused-ring (bicyclic) bond motifs is 2. The number of anilines is 2. The minimum absolute atomic E-state index is 0.0194. The van der Waals surface area contributed by atoms with Crippen molar-refractivity contribution >= 4 is 28.4 Å². The molecule has 2 aromatic heterocycles. The van der Waals surface area contributed by atoms with Crippen LogP contribution in [0.5, 0.6) is 23.0 Å². The van der Waals surface area contributed by atoms with Crippen LogP contribution < -0.4 is 24.8 Å². The fourth-order valence-electron chi connectivity index (χ4n) is 4.81. The zero-order valence-electron chi connectivity index (χ0n) is 22.0. The number of nitrogens with zero attached hydrogens (tertiary/aromatic N) is 3. The Labute approximate surface area is 219 Å². The van der Waals surface area contributed by atoms with Crippen LogP contribution in [0.25, 0.3) is 10.9 Å². The molecular weight excluding hydrogens is 489 g/mol. The monoisotopic (exact) mass is 519 g/mol. The second-order valence-electron chi connectivity index (χ2n) is 10.1. The third-order valence-corrected chi connectivity index (χ3v) is 6.82. The van der Waals surface area contributed by atoms with Crippen molar-refractivity contribution in [2.75, 3.05) is 24.9 Å². The predicted molar refractivity (Wildman–Crippen MR) is 143 cm³/mol. The Morgan fingerprint density at radius 3 is 2.55 bits per heavy atom. The SMILES string of the molecule is COc1cc2nccc(Oc3ccc(NC(=O)Nc4nn(C)c5c4CC(C)(C)CC5)c(F)c3)c2cc1OC. The lowest BCUT2D eigenvalue weighted by molar-refractivity contribution is 0.262. The molecule has 2 N–H and O–H groups in total. The quantitative estimate of drug-likeness (QED) is 0.321. The molecule has 0 bridgehead atoms. The number of carbonyl (C=O) groups excluding carboxylic acids is 1. The van der Waals surface area contributed by atoms with Gasteiger partial charge in [0.25, 0.3) is 0 Å². The van der Waals surface area contributed by atoms with Gasteiger partial charge in [-0.25, -0.2) is 9.18 Å². The third kappa shape index (κ3) is 4.93. The van der Waals surface area contributed by atoms with Crippen molar-refractivity contribution < 1.29 is 23.4 Å². The summed E-state index contributed by atoms with van der Waals surface area (Å²) in [7, 11) is 4.96. The highest BCUT2D eigenvalue weighted by molar-refractivity contribution is 5.99. The smallest absolute Gasteiger partial charge is 0.324 e. The van der Waals surface area contributed by atoms with E-state index < -0.39 is 11.8 Å². The summed E-state index contributed by atoms with van der Waals surface area (Å²) in [5.74, 6) is 1.66. The van der Waals surface area contributed by atoms with Crippen LogP contribution in [0.15, 0.2) is 42.6 Å². The van der Waals surface area contributed by atoms with E-state index in [4.69, 9.17) is 14.2 Å². The Bertz CT molecular complexity index is 1530. The first kappa shape index (κ1) is 25.3. The number of halogens is 1. The maximum absolute atomic E-state index is 15.0. The lowest BCUT2D eigenvalue weighted by Crippen LogP contribution is -2.25. The number of aryl methyl sites for hydroxylation is 1. The van der Waals surface area contributed by atoms with E-state index in [1.807, 2.05) is 7.05 Å². The van der Waals surface area contributed by atoms with Gasteiger partial charge in [-0.2, -0.15) is 5.10 Å². The molecule has 0 fully saturated rings. The van der Waals surface area contributed by atoms with Gasteiger partial charge in [0, 0.05) is 42.0 Å². The summed E-state index contributed by atoms with van der Waals surface area (Å²) in [6.07, 6.45) is 4.37. The molecule has 1 aliphatic carbocycles. The average Bonchev–Trinajstić information content (AvgIpc) is 3.17. The fourth-order valence-corrected chi connectivity index (χ4v) is 4.81. The van der Waals surface area contributed by atoms with Crippen molar-refractivity contribution in [1.82, 2.24) is 14.8 Å². The molecule has 5 rings (SSSR count). The molecular formula is C28H30FN5O4. The maximum atomic E-state index is 15.0. The second-order valence-corrected chi connectivity index (χ2v) is 10.1. The highest BCUT2D eigenvalue weighted by Gasteiger charge is 2.31. The van der Waals surface area contributed by atoms with E-state index in [2.05, 4.69) is 34.6 Å². The standard InChI is InChI=1S/C28H30FN5O4/c1-28(2)10-8-22-18(15-28)26(33-34(22)3)32-27(35)31-20-7-6-16(12-19(20)29)38-23-9-11-30-21-14-25(37-5)24(36-4)13-17(21)23/h6-7,9,11-14H,8,10,15H2,1-5H3,(H2,31,32,33,35).